The first-order valence-corrected chi connectivity index (χ1v) is 9.95. The molecule has 1 aromatic rings. The summed E-state index contributed by atoms with van der Waals surface area (Å²) in [5, 5.41) is 2.39. The number of rotatable bonds is 3. The summed E-state index contributed by atoms with van der Waals surface area (Å²) >= 11 is 0. The Bertz CT molecular complexity index is 705. The van der Waals surface area contributed by atoms with Gasteiger partial charge in [-0.2, -0.15) is 5.16 Å². The van der Waals surface area contributed by atoms with Gasteiger partial charge in [0.25, 0.3) is 5.56 Å². The molecule has 1 amide bonds. The van der Waals surface area contributed by atoms with Crippen LogP contribution in [0.1, 0.15) is 71.5 Å². The van der Waals surface area contributed by atoms with E-state index < -0.39 is 0 Å². The molecule has 0 bridgehead atoms. The lowest BCUT2D eigenvalue weighted by molar-refractivity contribution is -0.0498. The molecule has 2 saturated heterocycles. The van der Waals surface area contributed by atoms with Gasteiger partial charge < -0.3 is 14.2 Å². The standard InChI is InChI=1S/C20H33N3O4/c1-19(2)8-6-9-20(3,4)23(19)13-15-11-14(16-12-17(24)21-27-16)7-10-22(15)18(25)26-5/h12,14-15H,6-11,13H2,1-5H3,(H,21,24). The Kier molecular flexibility index (Phi) is 5.43. The van der Waals surface area contributed by atoms with Crippen LogP contribution in [0, 0.1) is 0 Å². The minimum Gasteiger partial charge on any atom is -0.453 e. The monoisotopic (exact) mass is 379 g/mol. The number of methoxy groups -OCH3 is 1. The van der Waals surface area contributed by atoms with Crippen LogP contribution < -0.4 is 5.56 Å². The Hall–Kier alpha value is -1.76. The molecule has 2 aliphatic rings. The van der Waals surface area contributed by atoms with E-state index in [0.29, 0.717) is 12.3 Å². The molecule has 0 spiro atoms. The van der Waals surface area contributed by atoms with Gasteiger partial charge in [0, 0.05) is 42.2 Å². The average Bonchev–Trinajstić information content (AvgIpc) is 3.03. The van der Waals surface area contributed by atoms with Crippen LogP contribution in [0.2, 0.25) is 0 Å². The number of nitrogens with one attached hydrogen (secondary N) is 1. The lowest BCUT2D eigenvalue weighted by atomic mass is 9.78. The number of aromatic amines is 1. The van der Waals surface area contributed by atoms with Gasteiger partial charge >= 0.3 is 6.09 Å². The molecular weight excluding hydrogens is 346 g/mol. The van der Waals surface area contributed by atoms with Crippen molar-refractivity contribution >= 4 is 6.09 Å². The minimum absolute atomic E-state index is 0.0213. The highest BCUT2D eigenvalue weighted by atomic mass is 16.5. The summed E-state index contributed by atoms with van der Waals surface area (Å²) < 4.78 is 10.4. The second kappa shape index (κ2) is 7.34. The van der Waals surface area contributed by atoms with Gasteiger partial charge in [0.05, 0.1) is 7.11 Å². The van der Waals surface area contributed by atoms with E-state index >= 15 is 0 Å². The molecule has 3 heterocycles. The van der Waals surface area contributed by atoms with Crippen molar-refractivity contribution in [2.75, 3.05) is 20.2 Å². The predicted molar refractivity (Wildman–Crippen MR) is 103 cm³/mol. The van der Waals surface area contributed by atoms with Crippen molar-refractivity contribution in [3.05, 3.63) is 22.2 Å². The Morgan fingerprint density at radius 2 is 1.96 bits per heavy atom. The van der Waals surface area contributed by atoms with Crippen molar-refractivity contribution in [1.29, 1.82) is 0 Å². The SMILES string of the molecule is COC(=O)N1CCC(c2cc(=O)[nH]o2)CC1CN1C(C)(C)CCCC1(C)C. The highest BCUT2D eigenvalue weighted by Gasteiger charge is 2.44. The lowest BCUT2D eigenvalue weighted by Crippen LogP contribution is -2.63. The zero-order valence-electron chi connectivity index (χ0n) is 17.2. The molecular formula is C20H33N3O4. The van der Waals surface area contributed by atoms with Crippen LogP contribution in [0.3, 0.4) is 0 Å². The predicted octanol–water partition coefficient (Wildman–Crippen LogP) is 3.33. The van der Waals surface area contributed by atoms with E-state index in [-0.39, 0.29) is 34.7 Å². The van der Waals surface area contributed by atoms with Crippen molar-refractivity contribution in [3.8, 4) is 0 Å². The highest BCUT2D eigenvalue weighted by molar-refractivity contribution is 5.68. The van der Waals surface area contributed by atoms with Gasteiger partial charge in [0.15, 0.2) is 0 Å². The Morgan fingerprint density at radius 1 is 1.30 bits per heavy atom. The van der Waals surface area contributed by atoms with Crippen LogP contribution in [0.25, 0.3) is 0 Å². The number of hydrogen-bond acceptors (Lipinski definition) is 5. The van der Waals surface area contributed by atoms with Crippen LogP contribution in [0.15, 0.2) is 15.4 Å². The second-order valence-electron chi connectivity index (χ2n) is 9.24. The normalized spacial score (nSPS) is 28.1. The molecule has 152 valence electrons. The Morgan fingerprint density at radius 3 is 2.52 bits per heavy atom. The topological polar surface area (TPSA) is 78.8 Å². The van der Waals surface area contributed by atoms with E-state index in [9.17, 15) is 9.59 Å². The molecule has 0 radical (unpaired) electrons. The maximum absolute atomic E-state index is 12.4. The maximum atomic E-state index is 12.4. The van der Waals surface area contributed by atoms with E-state index in [1.165, 1.54) is 19.6 Å². The molecule has 2 unspecified atom stereocenters. The number of nitrogens with zero attached hydrogens (tertiary/aromatic N) is 2. The van der Waals surface area contributed by atoms with Crippen LogP contribution in [0.5, 0.6) is 0 Å². The van der Waals surface area contributed by atoms with Gasteiger partial charge in [0.2, 0.25) is 0 Å². The molecule has 27 heavy (non-hydrogen) atoms. The quantitative estimate of drug-likeness (QED) is 0.871. The summed E-state index contributed by atoms with van der Waals surface area (Å²) in [6.07, 6.45) is 4.77. The fraction of sp³-hybridized carbons (Fsp3) is 0.800. The van der Waals surface area contributed by atoms with Crippen molar-refractivity contribution in [2.45, 2.75) is 82.8 Å². The highest BCUT2D eigenvalue weighted by Crippen LogP contribution is 2.40. The third-order valence-electron chi connectivity index (χ3n) is 6.50. The molecule has 3 rings (SSSR count). The molecule has 2 atom stereocenters. The maximum Gasteiger partial charge on any atom is 0.409 e. The van der Waals surface area contributed by atoms with Crippen LogP contribution >= 0.6 is 0 Å². The van der Waals surface area contributed by atoms with Gasteiger partial charge in [-0.1, -0.05) is 0 Å². The molecule has 1 N–H and O–H groups in total. The van der Waals surface area contributed by atoms with Gasteiger partial charge in [-0.15, -0.1) is 0 Å². The van der Waals surface area contributed by atoms with Gasteiger partial charge in [0.1, 0.15) is 5.76 Å². The zero-order valence-corrected chi connectivity index (χ0v) is 17.2. The Balaban J connectivity index is 1.84. The minimum atomic E-state index is -0.276. The molecule has 2 fully saturated rings. The molecule has 0 saturated carbocycles. The van der Waals surface area contributed by atoms with Crippen molar-refractivity contribution in [2.24, 2.45) is 0 Å². The average molecular weight is 380 g/mol. The first-order valence-electron chi connectivity index (χ1n) is 9.95. The number of amides is 1. The number of H-pyrrole nitrogens is 1. The van der Waals surface area contributed by atoms with Crippen molar-refractivity contribution < 1.29 is 14.1 Å². The van der Waals surface area contributed by atoms with Crippen LogP contribution in [-0.2, 0) is 4.74 Å². The summed E-state index contributed by atoms with van der Waals surface area (Å²) in [5.41, 5.74) is -0.0518. The largest absolute Gasteiger partial charge is 0.453 e. The number of piperidine rings is 2. The molecule has 0 aromatic carbocycles. The van der Waals surface area contributed by atoms with Gasteiger partial charge in [-0.05, 0) is 59.8 Å². The summed E-state index contributed by atoms with van der Waals surface area (Å²) in [6, 6.07) is 1.55. The fourth-order valence-electron chi connectivity index (χ4n) is 5.09. The molecule has 1 aromatic heterocycles. The number of aromatic nitrogens is 1. The Labute approximate surface area is 161 Å². The van der Waals surface area contributed by atoms with E-state index in [0.717, 1.165) is 32.2 Å². The molecule has 7 nitrogen and oxygen atoms in total. The summed E-state index contributed by atoms with van der Waals surface area (Å²) in [7, 11) is 1.44. The molecule has 2 aliphatic heterocycles. The summed E-state index contributed by atoms with van der Waals surface area (Å²) in [5.74, 6) is 0.817. The number of carbonyl (C=O) groups is 1. The third kappa shape index (κ3) is 4.08. The third-order valence-corrected chi connectivity index (χ3v) is 6.50. The van der Waals surface area contributed by atoms with E-state index in [1.807, 2.05) is 4.90 Å². The lowest BCUT2D eigenvalue weighted by Gasteiger charge is -2.55. The fourth-order valence-corrected chi connectivity index (χ4v) is 5.09. The second-order valence-corrected chi connectivity index (χ2v) is 9.24. The van der Waals surface area contributed by atoms with E-state index in [4.69, 9.17) is 9.26 Å². The first kappa shape index (κ1) is 20.0. The van der Waals surface area contributed by atoms with Crippen LogP contribution in [-0.4, -0.2) is 58.4 Å². The van der Waals surface area contributed by atoms with Crippen molar-refractivity contribution in [3.63, 3.8) is 0 Å². The van der Waals surface area contributed by atoms with Crippen LogP contribution in [0.4, 0.5) is 4.79 Å². The first-order chi connectivity index (χ1) is 12.6. The number of likely N-dealkylation sites (tertiary alicyclic amines) is 2. The van der Waals surface area contributed by atoms with E-state index in [1.54, 1.807) is 0 Å². The number of ether oxygens (including phenoxy) is 1. The van der Waals surface area contributed by atoms with Crippen molar-refractivity contribution in [1.82, 2.24) is 15.0 Å². The number of carbonyl (C=O) groups excluding carboxylic acids is 1. The molecule has 0 aliphatic carbocycles. The van der Waals surface area contributed by atoms with Gasteiger partial charge in [-0.25, -0.2) is 4.79 Å². The van der Waals surface area contributed by atoms with E-state index in [2.05, 4.69) is 37.8 Å². The smallest absolute Gasteiger partial charge is 0.409 e. The summed E-state index contributed by atoms with van der Waals surface area (Å²) in [4.78, 5) is 28.3. The summed E-state index contributed by atoms with van der Waals surface area (Å²) in [6.45, 7) is 10.6. The number of hydrogen-bond donors (Lipinski definition) is 1. The van der Waals surface area contributed by atoms with Gasteiger partial charge in [-0.3, -0.25) is 9.69 Å². The zero-order chi connectivity index (χ0) is 19.8. The molecule has 7 heteroatoms.